The monoisotopic (exact) mass is 239 g/mol. The van der Waals surface area contributed by atoms with Crippen molar-refractivity contribution in [2.75, 3.05) is 12.4 Å². The fourth-order valence-corrected chi connectivity index (χ4v) is 1.87. The van der Waals surface area contributed by atoms with Crippen LogP contribution in [0.5, 0.6) is 0 Å². The van der Waals surface area contributed by atoms with Crippen molar-refractivity contribution in [3.8, 4) is 0 Å². The molecule has 0 aromatic heterocycles. The van der Waals surface area contributed by atoms with Crippen LogP contribution in [0.2, 0.25) is 5.02 Å². The summed E-state index contributed by atoms with van der Waals surface area (Å²) in [4.78, 5) is 11.6. The Balaban J connectivity index is 2.08. The van der Waals surface area contributed by atoms with Gasteiger partial charge in [0.15, 0.2) is 0 Å². The minimum atomic E-state index is -0.247. The van der Waals surface area contributed by atoms with Gasteiger partial charge in [0.2, 0.25) is 0 Å². The van der Waals surface area contributed by atoms with Crippen LogP contribution in [-0.2, 0) is 9.53 Å². The number of carbonyl (C=O) groups is 1. The topological polar surface area (TPSA) is 38.3 Å². The molecule has 3 nitrogen and oxygen atoms in total. The van der Waals surface area contributed by atoms with Gasteiger partial charge in [0.05, 0.1) is 7.11 Å². The van der Waals surface area contributed by atoms with Gasteiger partial charge in [-0.3, -0.25) is 0 Å². The average Bonchev–Trinajstić information content (AvgIpc) is 3.09. The number of methoxy groups -OCH3 is 1. The minimum absolute atomic E-state index is 0.206. The van der Waals surface area contributed by atoms with Crippen molar-refractivity contribution >= 4 is 23.3 Å². The van der Waals surface area contributed by atoms with Crippen molar-refractivity contribution in [3.05, 3.63) is 29.3 Å². The van der Waals surface area contributed by atoms with Crippen LogP contribution in [0.4, 0.5) is 5.69 Å². The third-order valence-corrected chi connectivity index (χ3v) is 2.93. The fourth-order valence-electron chi connectivity index (χ4n) is 1.68. The smallest absolute Gasteiger partial charge is 0.328 e. The third-order valence-electron chi connectivity index (χ3n) is 2.70. The second-order valence-electron chi connectivity index (χ2n) is 3.99. The zero-order chi connectivity index (χ0) is 11.5. The Bertz CT molecular complexity index is 390. The second kappa shape index (κ2) is 4.74. The summed E-state index contributed by atoms with van der Waals surface area (Å²) in [5, 5.41) is 3.83. The van der Waals surface area contributed by atoms with E-state index in [2.05, 4.69) is 5.32 Å². The maximum atomic E-state index is 11.6. The van der Waals surface area contributed by atoms with E-state index in [0.717, 1.165) is 18.5 Å². The molecule has 0 radical (unpaired) electrons. The largest absolute Gasteiger partial charge is 0.467 e. The maximum Gasteiger partial charge on any atom is 0.328 e. The first kappa shape index (κ1) is 11.3. The highest BCUT2D eigenvalue weighted by Gasteiger charge is 2.36. The molecule has 1 aliphatic rings. The van der Waals surface area contributed by atoms with Gasteiger partial charge in [-0.15, -0.1) is 0 Å². The molecule has 0 aliphatic heterocycles. The van der Waals surface area contributed by atoms with Gasteiger partial charge in [-0.25, -0.2) is 4.79 Å². The molecule has 0 bridgehead atoms. The highest BCUT2D eigenvalue weighted by atomic mass is 35.5. The third kappa shape index (κ3) is 2.67. The molecule has 0 amide bonds. The van der Waals surface area contributed by atoms with Gasteiger partial charge in [-0.2, -0.15) is 0 Å². The van der Waals surface area contributed by atoms with Gasteiger partial charge in [-0.05, 0) is 37.0 Å². The minimum Gasteiger partial charge on any atom is -0.467 e. The van der Waals surface area contributed by atoms with Crippen molar-refractivity contribution < 1.29 is 9.53 Å². The lowest BCUT2D eigenvalue weighted by atomic mass is 10.1. The van der Waals surface area contributed by atoms with Crippen molar-refractivity contribution in [3.63, 3.8) is 0 Å². The van der Waals surface area contributed by atoms with Crippen LogP contribution >= 0.6 is 11.6 Å². The van der Waals surface area contributed by atoms with E-state index in [1.165, 1.54) is 7.11 Å². The standard InChI is InChI=1S/C12H14ClNO2/c1-16-12(15)11(8-5-6-8)14-10-4-2-3-9(13)7-10/h2-4,7-8,11,14H,5-6H2,1H3. The summed E-state index contributed by atoms with van der Waals surface area (Å²) in [6, 6.07) is 7.11. The van der Waals surface area contributed by atoms with Crippen LogP contribution in [-0.4, -0.2) is 19.1 Å². The van der Waals surface area contributed by atoms with Crippen LogP contribution in [0.15, 0.2) is 24.3 Å². The van der Waals surface area contributed by atoms with Crippen LogP contribution < -0.4 is 5.32 Å². The molecule has 1 aromatic rings. The van der Waals surface area contributed by atoms with E-state index >= 15 is 0 Å². The molecule has 86 valence electrons. The molecule has 16 heavy (non-hydrogen) atoms. The molecule has 0 spiro atoms. The Morgan fingerprint density at radius 2 is 2.31 bits per heavy atom. The normalized spacial score (nSPS) is 16.6. The van der Waals surface area contributed by atoms with Crippen molar-refractivity contribution in [1.29, 1.82) is 0 Å². The first-order chi connectivity index (χ1) is 7.70. The number of carbonyl (C=O) groups excluding carboxylic acids is 1. The molecular weight excluding hydrogens is 226 g/mol. The number of halogens is 1. The molecule has 1 aliphatic carbocycles. The first-order valence-corrected chi connectivity index (χ1v) is 5.68. The van der Waals surface area contributed by atoms with Gasteiger partial charge in [0.25, 0.3) is 0 Å². The van der Waals surface area contributed by atoms with E-state index in [-0.39, 0.29) is 12.0 Å². The van der Waals surface area contributed by atoms with Gasteiger partial charge < -0.3 is 10.1 Å². The molecular formula is C12H14ClNO2. The van der Waals surface area contributed by atoms with E-state index in [1.807, 2.05) is 12.1 Å². The quantitative estimate of drug-likeness (QED) is 0.821. The second-order valence-corrected chi connectivity index (χ2v) is 4.43. The summed E-state index contributed by atoms with van der Waals surface area (Å²) in [5.74, 6) is 0.189. The number of esters is 1. The Morgan fingerprint density at radius 3 is 2.88 bits per heavy atom. The molecule has 0 heterocycles. The van der Waals surface area contributed by atoms with Crippen LogP contribution in [0, 0.1) is 5.92 Å². The summed E-state index contributed by atoms with van der Waals surface area (Å²) < 4.78 is 4.78. The Kier molecular flexibility index (Phi) is 3.34. The Morgan fingerprint density at radius 1 is 1.56 bits per heavy atom. The summed E-state index contributed by atoms with van der Waals surface area (Å²) in [6.45, 7) is 0. The summed E-state index contributed by atoms with van der Waals surface area (Å²) >= 11 is 5.88. The highest BCUT2D eigenvalue weighted by Crippen LogP contribution is 2.35. The number of rotatable bonds is 4. The van der Waals surface area contributed by atoms with Gasteiger partial charge in [0, 0.05) is 10.7 Å². The summed E-state index contributed by atoms with van der Waals surface area (Å²) in [7, 11) is 1.41. The highest BCUT2D eigenvalue weighted by molar-refractivity contribution is 6.30. The number of ether oxygens (including phenoxy) is 1. The zero-order valence-corrected chi connectivity index (χ0v) is 9.83. The molecule has 1 unspecified atom stereocenters. The van der Waals surface area contributed by atoms with E-state index < -0.39 is 0 Å². The maximum absolute atomic E-state index is 11.6. The van der Waals surface area contributed by atoms with Crippen molar-refractivity contribution in [1.82, 2.24) is 0 Å². The van der Waals surface area contributed by atoms with Crippen LogP contribution in [0.1, 0.15) is 12.8 Å². The van der Waals surface area contributed by atoms with Crippen LogP contribution in [0.3, 0.4) is 0 Å². The molecule has 4 heteroatoms. The number of hydrogen-bond donors (Lipinski definition) is 1. The molecule has 0 saturated heterocycles. The van der Waals surface area contributed by atoms with E-state index in [1.54, 1.807) is 12.1 Å². The lowest BCUT2D eigenvalue weighted by Gasteiger charge is -2.17. The van der Waals surface area contributed by atoms with Gasteiger partial charge >= 0.3 is 5.97 Å². The lowest BCUT2D eigenvalue weighted by molar-refractivity contribution is -0.142. The molecule has 2 rings (SSSR count). The van der Waals surface area contributed by atoms with Crippen molar-refractivity contribution in [2.24, 2.45) is 5.92 Å². The molecule has 1 atom stereocenters. The number of anilines is 1. The number of hydrogen-bond acceptors (Lipinski definition) is 3. The summed E-state index contributed by atoms with van der Waals surface area (Å²) in [6.07, 6.45) is 2.15. The summed E-state index contributed by atoms with van der Waals surface area (Å²) in [5.41, 5.74) is 0.856. The van der Waals surface area contributed by atoms with Gasteiger partial charge in [0.1, 0.15) is 6.04 Å². The molecule has 1 saturated carbocycles. The van der Waals surface area contributed by atoms with Gasteiger partial charge in [-0.1, -0.05) is 17.7 Å². The van der Waals surface area contributed by atoms with E-state index in [4.69, 9.17) is 16.3 Å². The van der Waals surface area contributed by atoms with Crippen LogP contribution in [0.25, 0.3) is 0 Å². The number of nitrogens with one attached hydrogen (secondary N) is 1. The number of benzene rings is 1. The van der Waals surface area contributed by atoms with Crippen molar-refractivity contribution in [2.45, 2.75) is 18.9 Å². The first-order valence-electron chi connectivity index (χ1n) is 5.30. The van der Waals surface area contributed by atoms with E-state index in [0.29, 0.717) is 10.9 Å². The molecule has 1 fully saturated rings. The Hall–Kier alpha value is -1.22. The van der Waals surface area contributed by atoms with E-state index in [9.17, 15) is 4.79 Å². The molecule has 1 N–H and O–H groups in total. The zero-order valence-electron chi connectivity index (χ0n) is 9.07. The lowest BCUT2D eigenvalue weighted by Crippen LogP contribution is -2.32. The average molecular weight is 240 g/mol. The SMILES string of the molecule is COC(=O)C(Nc1cccc(Cl)c1)C1CC1. The predicted molar refractivity (Wildman–Crippen MR) is 63.6 cm³/mol. The molecule has 1 aromatic carbocycles. The Labute approximate surface area is 99.7 Å². The fraction of sp³-hybridized carbons (Fsp3) is 0.417. The predicted octanol–water partition coefficient (Wildman–Crippen LogP) is 2.70.